The first-order valence-corrected chi connectivity index (χ1v) is 9.48. The van der Waals surface area contributed by atoms with E-state index in [4.69, 9.17) is 0 Å². The van der Waals surface area contributed by atoms with Gasteiger partial charge in [-0.1, -0.05) is 108 Å². The van der Waals surface area contributed by atoms with Crippen molar-refractivity contribution in [3.8, 4) is 0 Å². The van der Waals surface area contributed by atoms with Crippen LogP contribution in [0.5, 0.6) is 0 Å². The SMILES string of the molecule is CC(C)c1cccc2ccccc12.CC(C)c1ccccc1C(C)C. The van der Waals surface area contributed by atoms with Gasteiger partial charge in [-0.05, 0) is 45.2 Å². The van der Waals surface area contributed by atoms with Gasteiger partial charge in [0.15, 0.2) is 0 Å². The van der Waals surface area contributed by atoms with Crippen molar-refractivity contribution in [3.05, 3.63) is 83.4 Å². The third-order valence-electron chi connectivity index (χ3n) is 4.69. The predicted molar refractivity (Wildman–Crippen MR) is 113 cm³/mol. The van der Waals surface area contributed by atoms with E-state index >= 15 is 0 Å². The van der Waals surface area contributed by atoms with E-state index in [1.807, 2.05) is 0 Å². The fraction of sp³-hybridized carbons (Fsp3) is 0.360. The zero-order valence-electron chi connectivity index (χ0n) is 16.6. The lowest BCUT2D eigenvalue weighted by molar-refractivity contribution is 0.790. The standard InChI is InChI=1S/C13H14.C12H18/c1-10(2)12-9-5-7-11-6-3-4-8-13(11)12;1-9(2)11-7-5-6-8-12(11)10(3)4/h3-10H,1-2H3;5-10H,1-4H3. The van der Waals surface area contributed by atoms with Gasteiger partial charge in [0.05, 0.1) is 0 Å². The monoisotopic (exact) mass is 332 g/mol. The molecule has 0 saturated heterocycles. The Labute approximate surface area is 153 Å². The van der Waals surface area contributed by atoms with Gasteiger partial charge in [0.2, 0.25) is 0 Å². The molecule has 3 aromatic carbocycles. The molecule has 0 spiro atoms. The predicted octanol–water partition coefficient (Wildman–Crippen LogP) is 7.90. The van der Waals surface area contributed by atoms with E-state index in [0.717, 1.165) is 0 Å². The molecule has 0 unspecified atom stereocenters. The second-order valence-corrected chi connectivity index (χ2v) is 7.66. The summed E-state index contributed by atoms with van der Waals surface area (Å²) in [6.45, 7) is 13.5. The highest BCUT2D eigenvalue weighted by atomic mass is 14.1. The third kappa shape index (κ3) is 4.95. The largest absolute Gasteiger partial charge is 0.0620 e. The summed E-state index contributed by atoms with van der Waals surface area (Å²) in [7, 11) is 0. The Morgan fingerprint density at radius 3 is 1.36 bits per heavy atom. The van der Waals surface area contributed by atoms with Crippen LogP contribution in [0.15, 0.2) is 66.7 Å². The van der Waals surface area contributed by atoms with E-state index < -0.39 is 0 Å². The maximum atomic E-state index is 2.25. The molecule has 0 aromatic heterocycles. The fourth-order valence-electron chi connectivity index (χ4n) is 3.32. The summed E-state index contributed by atoms with van der Waals surface area (Å²) in [6, 6.07) is 23.8. The molecule has 0 bridgehead atoms. The highest BCUT2D eigenvalue weighted by Gasteiger charge is 2.07. The van der Waals surface area contributed by atoms with Crippen LogP contribution in [0.25, 0.3) is 10.8 Å². The van der Waals surface area contributed by atoms with Gasteiger partial charge in [0.1, 0.15) is 0 Å². The van der Waals surface area contributed by atoms with Gasteiger partial charge in [-0.2, -0.15) is 0 Å². The average molecular weight is 333 g/mol. The molecule has 0 atom stereocenters. The number of fused-ring (bicyclic) bond motifs is 1. The summed E-state index contributed by atoms with van der Waals surface area (Å²) in [5.41, 5.74) is 4.43. The van der Waals surface area contributed by atoms with Crippen LogP contribution in [0.3, 0.4) is 0 Å². The second-order valence-electron chi connectivity index (χ2n) is 7.66. The lowest BCUT2D eigenvalue weighted by Gasteiger charge is -2.14. The molecule has 0 radical (unpaired) electrons. The van der Waals surface area contributed by atoms with E-state index in [1.165, 1.54) is 27.5 Å². The molecule has 0 saturated carbocycles. The van der Waals surface area contributed by atoms with Crippen LogP contribution in [-0.2, 0) is 0 Å². The summed E-state index contributed by atoms with van der Waals surface area (Å²) >= 11 is 0. The Bertz CT molecular complexity index is 762. The molecule has 0 N–H and O–H groups in total. The fourth-order valence-corrected chi connectivity index (χ4v) is 3.32. The molecule has 0 aliphatic heterocycles. The summed E-state index contributed by atoms with van der Waals surface area (Å²) in [5.74, 6) is 1.89. The average Bonchev–Trinajstić information content (AvgIpc) is 2.61. The van der Waals surface area contributed by atoms with Crippen LogP contribution in [-0.4, -0.2) is 0 Å². The maximum absolute atomic E-state index is 2.25. The zero-order valence-corrected chi connectivity index (χ0v) is 16.6. The van der Waals surface area contributed by atoms with Gasteiger partial charge in [-0.15, -0.1) is 0 Å². The Morgan fingerprint density at radius 1 is 0.440 bits per heavy atom. The smallest absolute Gasteiger partial charge is 0.0149 e. The Morgan fingerprint density at radius 2 is 0.840 bits per heavy atom. The number of rotatable bonds is 3. The first-order chi connectivity index (χ1) is 11.9. The van der Waals surface area contributed by atoms with Crippen molar-refractivity contribution in [1.82, 2.24) is 0 Å². The Balaban J connectivity index is 0.000000181. The van der Waals surface area contributed by atoms with Gasteiger partial charge in [0.25, 0.3) is 0 Å². The maximum Gasteiger partial charge on any atom is -0.0149 e. The molecular formula is C25H32. The summed E-state index contributed by atoms with van der Waals surface area (Å²) < 4.78 is 0. The molecule has 0 aliphatic carbocycles. The van der Waals surface area contributed by atoms with Gasteiger partial charge in [-0.3, -0.25) is 0 Å². The minimum absolute atomic E-state index is 0.603. The van der Waals surface area contributed by atoms with E-state index in [2.05, 4.69) is 108 Å². The van der Waals surface area contributed by atoms with Crippen molar-refractivity contribution in [2.75, 3.05) is 0 Å². The number of benzene rings is 3. The van der Waals surface area contributed by atoms with Gasteiger partial charge in [0, 0.05) is 0 Å². The quantitative estimate of drug-likeness (QED) is 0.457. The highest BCUT2D eigenvalue weighted by Crippen LogP contribution is 2.25. The van der Waals surface area contributed by atoms with Gasteiger partial charge >= 0.3 is 0 Å². The number of hydrogen-bond acceptors (Lipinski definition) is 0. The molecule has 0 aliphatic rings. The van der Waals surface area contributed by atoms with Gasteiger partial charge in [-0.25, -0.2) is 0 Å². The van der Waals surface area contributed by atoms with E-state index in [1.54, 1.807) is 0 Å². The van der Waals surface area contributed by atoms with Crippen molar-refractivity contribution in [3.63, 3.8) is 0 Å². The summed E-state index contributed by atoms with van der Waals surface area (Å²) in [4.78, 5) is 0. The summed E-state index contributed by atoms with van der Waals surface area (Å²) in [5, 5.41) is 2.73. The topological polar surface area (TPSA) is 0 Å². The first kappa shape index (κ1) is 19.2. The normalized spacial score (nSPS) is 11.1. The molecule has 0 heteroatoms. The minimum atomic E-state index is 0.603. The van der Waals surface area contributed by atoms with Crippen LogP contribution in [0.4, 0.5) is 0 Å². The van der Waals surface area contributed by atoms with Crippen molar-refractivity contribution < 1.29 is 0 Å². The zero-order chi connectivity index (χ0) is 18.4. The van der Waals surface area contributed by atoms with Crippen LogP contribution in [0, 0.1) is 0 Å². The van der Waals surface area contributed by atoms with E-state index in [-0.39, 0.29) is 0 Å². The van der Waals surface area contributed by atoms with E-state index in [9.17, 15) is 0 Å². The van der Waals surface area contributed by atoms with Crippen LogP contribution in [0.1, 0.15) is 76.0 Å². The van der Waals surface area contributed by atoms with Crippen LogP contribution < -0.4 is 0 Å². The molecular weight excluding hydrogens is 300 g/mol. The van der Waals surface area contributed by atoms with Crippen molar-refractivity contribution in [2.24, 2.45) is 0 Å². The summed E-state index contributed by atoms with van der Waals surface area (Å²) in [6.07, 6.45) is 0. The van der Waals surface area contributed by atoms with Crippen molar-refractivity contribution >= 4 is 10.8 Å². The Kier molecular flexibility index (Phi) is 6.82. The lowest BCUT2D eigenvalue weighted by Crippen LogP contribution is -1.97. The second kappa shape index (κ2) is 8.85. The molecule has 0 amide bonds. The third-order valence-corrected chi connectivity index (χ3v) is 4.69. The van der Waals surface area contributed by atoms with Crippen LogP contribution >= 0.6 is 0 Å². The van der Waals surface area contributed by atoms with Crippen LogP contribution in [0.2, 0.25) is 0 Å². The molecule has 0 heterocycles. The molecule has 3 rings (SSSR count). The molecule has 0 fully saturated rings. The lowest BCUT2D eigenvalue weighted by atomic mass is 9.91. The molecule has 3 aromatic rings. The Hall–Kier alpha value is -2.08. The number of hydrogen-bond donors (Lipinski definition) is 0. The molecule has 132 valence electrons. The van der Waals surface area contributed by atoms with Gasteiger partial charge < -0.3 is 0 Å². The molecule has 0 nitrogen and oxygen atoms in total. The first-order valence-electron chi connectivity index (χ1n) is 9.48. The van der Waals surface area contributed by atoms with Crippen molar-refractivity contribution in [2.45, 2.75) is 59.3 Å². The molecule has 25 heavy (non-hydrogen) atoms. The highest BCUT2D eigenvalue weighted by molar-refractivity contribution is 5.86. The van der Waals surface area contributed by atoms with E-state index in [0.29, 0.717) is 17.8 Å². The van der Waals surface area contributed by atoms with Crippen molar-refractivity contribution in [1.29, 1.82) is 0 Å². The minimum Gasteiger partial charge on any atom is -0.0620 e.